The largest absolute Gasteiger partial charge is 0.484 e. The Labute approximate surface area is 149 Å². The Morgan fingerprint density at radius 1 is 1.48 bits per heavy atom. The number of nitrogens with zero attached hydrogens (tertiary/aromatic N) is 2. The Kier molecular flexibility index (Phi) is 4.17. The van der Waals surface area contributed by atoms with Crippen molar-refractivity contribution in [3.05, 3.63) is 41.3 Å². The topological polar surface area (TPSA) is 79.9 Å². The van der Waals surface area contributed by atoms with Gasteiger partial charge in [0.25, 0.3) is 0 Å². The summed E-state index contributed by atoms with van der Waals surface area (Å²) in [6, 6.07) is 5.82. The molecule has 1 aliphatic carbocycles. The van der Waals surface area contributed by atoms with Gasteiger partial charge >= 0.3 is 0 Å². The Morgan fingerprint density at radius 3 is 3.16 bits per heavy atom. The molecule has 2 N–H and O–H groups in total. The van der Waals surface area contributed by atoms with E-state index in [-0.39, 0.29) is 23.8 Å². The molecule has 0 aromatic carbocycles. The fourth-order valence-corrected chi connectivity index (χ4v) is 3.93. The minimum Gasteiger partial charge on any atom is -0.484 e. The first-order chi connectivity index (χ1) is 12.2. The lowest BCUT2D eigenvalue weighted by Gasteiger charge is -2.12. The normalized spacial score (nSPS) is 20.4. The number of carbonyl (C=O) groups is 1. The Bertz CT molecular complexity index is 870. The van der Waals surface area contributed by atoms with Crippen LogP contribution in [0.1, 0.15) is 42.9 Å². The number of rotatable bonds is 6. The highest BCUT2D eigenvalue weighted by Gasteiger charge is 2.46. The lowest BCUT2D eigenvalue weighted by molar-refractivity contribution is -0.123. The highest BCUT2D eigenvalue weighted by atomic mass is 32.1. The quantitative estimate of drug-likeness (QED) is 0.709. The number of carbonyl (C=O) groups excluding carboxylic acids is 1. The average Bonchev–Trinajstić information content (AvgIpc) is 3.07. The maximum absolute atomic E-state index is 12.5. The van der Waals surface area contributed by atoms with Gasteiger partial charge in [-0.2, -0.15) is 0 Å². The fraction of sp³-hybridized carbons (Fsp3) is 0.389. The molecule has 7 heteroatoms. The molecule has 130 valence electrons. The standard InChI is InChI=1S/C18H20N4O2S/c1-3-24-16-5-4-15(25-16)10(2)20-18(23)12-8-11(12)17-21-13-6-7-19-9-14(13)22-17/h4-7,9-12H,3,8H2,1-2H3,(H,20,23)(H,21,22)/t10-,11?,12?/m1/s1. The lowest BCUT2D eigenvalue weighted by Crippen LogP contribution is -2.28. The third-order valence-corrected chi connectivity index (χ3v) is 5.63. The monoisotopic (exact) mass is 356 g/mol. The number of pyridine rings is 1. The minimum absolute atomic E-state index is 0.0118. The highest BCUT2D eigenvalue weighted by molar-refractivity contribution is 7.13. The molecule has 3 atom stereocenters. The summed E-state index contributed by atoms with van der Waals surface area (Å²) in [5, 5.41) is 4.00. The van der Waals surface area contributed by atoms with Crippen LogP contribution >= 0.6 is 11.3 Å². The van der Waals surface area contributed by atoms with Gasteiger partial charge in [0.15, 0.2) is 5.06 Å². The predicted octanol–water partition coefficient (Wildman–Crippen LogP) is 3.40. The Balaban J connectivity index is 1.38. The second-order valence-corrected chi connectivity index (χ2v) is 7.36. The Morgan fingerprint density at radius 2 is 2.36 bits per heavy atom. The van der Waals surface area contributed by atoms with Gasteiger partial charge in [0, 0.05) is 22.9 Å². The van der Waals surface area contributed by atoms with Crippen LogP contribution in [0.15, 0.2) is 30.6 Å². The molecule has 1 aliphatic rings. The number of nitrogens with one attached hydrogen (secondary N) is 2. The summed E-state index contributed by atoms with van der Waals surface area (Å²) in [7, 11) is 0. The molecule has 1 saturated carbocycles. The number of H-pyrrole nitrogens is 1. The van der Waals surface area contributed by atoms with Crippen LogP contribution in [0.5, 0.6) is 5.06 Å². The van der Waals surface area contributed by atoms with Crippen molar-refractivity contribution in [2.75, 3.05) is 6.61 Å². The summed E-state index contributed by atoms with van der Waals surface area (Å²) < 4.78 is 5.49. The molecule has 4 rings (SSSR count). The number of fused-ring (bicyclic) bond motifs is 1. The van der Waals surface area contributed by atoms with E-state index in [4.69, 9.17) is 4.74 Å². The molecule has 0 bridgehead atoms. The zero-order valence-electron chi connectivity index (χ0n) is 14.2. The van der Waals surface area contributed by atoms with Crippen molar-refractivity contribution >= 4 is 28.3 Å². The van der Waals surface area contributed by atoms with E-state index in [1.54, 1.807) is 23.7 Å². The molecule has 3 heterocycles. The average molecular weight is 356 g/mol. The van der Waals surface area contributed by atoms with Crippen LogP contribution in [0.4, 0.5) is 0 Å². The van der Waals surface area contributed by atoms with E-state index in [1.807, 2.05) is 32.0 Å². The van der Waals surface area contributed by atoms with Crippen LogP contribution in [0.25, 0.3) is 11.0 Å². The number of hydrogen-bond donors (Lipinski definition) is 2. The van der Waals surface area contributed by atoms with Gasteiger partial charge in [0.1, 0.15) is 5.82 Å². The van der Waals surface area contributed by atoms with Gasteiger partial charge in [-0.1, -0.05) is 0 Å². The molecular formula is C18H20N4O2S. The molecule has 2 unspecified atom stereocenters. The molecule has 3 aromatic rings. The minimum atomic E-state index is -0.0205. The maximum Gasteiger partial charge on any atom is 0.224 e. The zero-order valence-corrected chi connectivity index (χ0v) is 15.0. The van der Waals surface area contributed by atoms with E-state index in [0.717, 1.165) is 33.2 Å². The number of thiophene rings is 1. The fourth-order valence-electron chi connectivity index (χ4n) is 3.02. The van der Waals surface area contributed by atoms with Crippen LogP contribution in [0, 0.1) is 5.92 Å². The Hall–Kier alpha value is -2.41. The summed E-state index contributed by atoms with van der Waals surface area (Å²) in [5.74, 6) is 1.12. The summed E-state index contributed by atoms with van der Waals surface area (Å²) >= 11 is 1.58. The SMILES string of the molecule is CCOc1ccc([C@@H](C)NC(=O)C2CC2c2nc3ccncc3[nH]2)s1. The predicted molar refractivity (Wildman–Crippen MR) is 96.8 cm³/mol. The van der Waals surface area contributed by atoms with Crippen molar-refractivity contribution in [3.63, 3.8) is 0 Å². The summed E-state index contributed by atoms with van der Waals surface area (Å²) in [6.45, 7) is 4.62. The van der Waals surface area contributed by atoms with Crippen molar-refractivity contribution < 1.29 is 9.53 Å². The van der Waals surface area contributed by atoms with E-state index in [9.17, 15) is 4.79 Å². The molecule has 25 heavy (non-hydrogen) atoms. The molecule has 0 saturated heterocycles. The molecule has 0 spiro atoms. The highest BCUT2D eigenvalue weighted by Crippen LogP contribution is 2.47. The van der Waals surface area contributed by atoms with Crippen LogP contribution < -0.4 is 10.1 Å². The smallest absolute Gasteiger partial charge is 0.224 e. The van der Waals surface area contributed by atoms with Crippen molar-refractivity contribution in [1.82, 2.24) is 20.3 Å². The summed E-state index contributed by atoms with van der Waals surface area (Å²) in [5.41, 5.74) is 1.81. The lowest BCUT2D eigenvalue weighted by atomic mass is 10.2. The van der Waals surface area contributed by atoms with Crippen molar-refractivity contribution in [1.29, 1.82) is 0 Å². The second kappa shape index (κ2) is 6.48. The number of aromatic amines is 1. The van der Waals surface area contributed by atoms with E-state index in [0.29, 0.717) is 6.61 Å². The van der Waals surface area contributed by atoms with E-state index >= 15 is 0 Å². The number of hydrogen-bond acceptors (Lipinski definition) is 5. The van der Waals surface area contributed by atoms with E-state index < -0.39 is 0 Å². The molecule has 1 amide bonds. The van der Waals surface area contributed by atoms with Gasteiger partial charge in [-0.3, -0.25) is 9.78 Å². The van der Waals surface area contributed by atoms with Crippen molar-refractivity contribution in [3.8, 4) is 5.06 Å². The van der Waals surface area contributed by atoms with Crippen LogP contribution in [0.3, 0.4) is 0 Å². The van der Waals surface area contributed by atoms with Crippen molar-refractivity contribution in [2.24, 2.45) is 5.92 Å². The number of ether oxygens (including phenoxy) is 1. The summed E-state index contributed by atoms with van der Waals surface area (Å²) in [6.07, 6.45) is 4.32. The van der Waals surface area contributed by atoms with E-state index in [2.05, 4.69) is 20.3 Å². The summed E-state index contributed by atoms with van der Waals surface area (Å²) in [4.78, 5) is 25.6. The van der Waals surface area contributed by atoms with Crippen LogP contribution in [0.2, 0.25) is 0 Å². The maximum atomic E-state index is 12.5. The molecule has 0 aliphatic heterocycles. The van der Waals surface area contributed by atoms with Crippen LogP contribution in [-0.2, 0) is 4.79 Å². The number of amides is 1. The first-order valence-electron chi connectivity index (χ1n) is 8.48. The number of aromatic nitrogens is 3. The van der Waals surface area contributed by atoms with Gasteiger partial charge in [0.05, 0.1) is 29.9 Å². The van der Waals surface area contributed by atoms with Gasteiger partial charge in [-0.05, 0) is 38.5 Å². The molecular weight excluding hydrogens is 336 g/mol. The molecule has 0 radical (unpaired) electrons. The van der Waals surface area contributed by atoms with Gasteiger partial charge in [0.2, 0.25) is 5.91 Å². The third kappa shape index (κ3) is 3.24. The van der Waals surface area contributed by atoms with Gasteiger partial charge < -0.3 is 15.0 Å². The van der Waals surface area contributed by atoms with Crippen molar-refractivity contribution in [2.45, 2.75) is 32.2 Å². The zero-order chi connectivity index (χ0) is 17.4. The second-order valence-electron chi connectivity index (χ2n) is 6.28. The van der Waals surface area contributed by atoms with Gasteiger partial charge in [-0.25, -0.2) is 4.98 Å². The molecule has 6 nitrogen and oxygen atoms in total. The third-order valence-electron chi connectivity index (χ3n) is 4.45. The van der Waals surface area contributed by atoms with Gasteiger partial charge in [-0.15, -0.1) is 11.3 Å². The van der Waals surface area contributed by atoms with Crippen LogP contribution in [-0.4, -0.2) is 27.5 Å². The first-order valence-corrected chi connectivity index (χ1v) is 9.30. The molecule has 1 fully saturated rings. The molecule has 3 aromatic heterocycles. The van der Waals surface area contributed by atoms with E-state index in [1.165, 1.54) is 0 Å². The first kappa shape index (κ1) is 16.1. The number of imidazole rings is 1.